The van der Waals surface area contributed by atoms with Gasteiger partial charge in [0, 0.05) is 5.57 Å². The summed E-state index contributed by atoms with van der Waals surface area (Å²) in [6, 6.07) is 0. The minimum Gasteiger partial charge on any atom is -0.496 e. The molecule has 0 aromatic rings. The highest BCUT2D eigenvalue weighted by atomic mass is 35.5. The van der Waals surface area contributed by atoms with Crippen molar-refractivity contribution in [2.75, 3.05) is 6.61 Å². The first-order valence-corrected chi connectivity index (χ1v) is 10.3. The second-order valence-corrected chi connectivity index (χ2v) is 8.53. The van der Waals surface area contributed by atoms with Gasteiger partial charge in [-0.3, -0.25) is 14.4 Å². The highest BCUT2D eigenvalue weighted by molar-refractivity contribution is 7.73. The molecule has 0 radical (unpaired) electrons. The Morgan fingerprint density at radius 1 is 1.21 bits per heavy atom. The number of allylic oxidation sites excluding steroid dienone is 4. The maximum atomic E-state index is 13.0. The average Bonchev–Trinajstić information content (AvgIpc) is 2.54. The predicted octanol–water partition coefficient (Wildman–Crippen LogP) is 2.61. The van der Waals surface area contributed by atoms with E-state index in [1.807, 2.05) is 0 Å². The fraction of sp³-hybridized carbons (Fsp3) is 0.579. The molecule has 9 heteroatoms. The van der Waals surface area contributed by atoms with Crippen molar-refractivity contribution in [2.45, 2.75) is 53.6 Å². The van der Waals surface area contributed by atoms with E-state index in [0.29, 0.717) is 6.42 Å². The third-order valence-corrected chi connectivity index (χ3v) is 5.05. The van der Waals surface area contributed by atoms with Crippen molar-refractivity contribution in [1.82, 2.24) is 0 Å². The Balaban J connectivity index is 3.56. The molecule has 0 amide bonds. The number of hydrogen-bond donors (Lipinski definition) is 0. The van der Waals surface area contributed by atoms with Crippen molar-refractivity contribution in [2.24, 2.45) is 11.8 Å². The monoisotopic (exact) mass is 432 g/mol. The Labute approximate surface area is 171 Å². The fourth-order valence-electron chi connectivity index (χ4n) is 2.74. The zero-order valence-corrected chi connectivity index (χ0v) is 18.4. The molecular formula is C19H25ClO7S. The molecule has 1 aliphatic rings. The summed E-state index contributed by atoms with van der Waals surface area (Å²) in [5, 5.41) is -0.109. The molecule has 0 aromatic heterocycles. The summed E-state index contributed by atoms with van der Waals surface area (Å²) >= 11 is 6.34. The summed E-state index contributed by atoms with van der Waals surface area (Å²) in [6.45, 7) is 9.53. The topological polar surface area (TPSA) is 104 Å². The predicted molar refractivity (Wildman–Crippen MR) is 105 cm³/mol. The van der Waals surface area contributed by atoms with Gasteiger partial charge in [0.1, 0.15) is 11.4 Å². The first-order valence-electron chi connectivity index (χ1n) is 8.83. The lowest BCUT2D eigenvalue weighted by Crippen LogP contribution is -2.38. The van der Waals surface area contributed by atoms with Gasteiger partial charge in [-0.15, -0.1) is 0 Å². The number of halogens is 1. The highest BCUT2D eigenvalue weighted by Crippen LogP contribution is 2.35. The maximum Gasteiger partial charge on any atom is 0.325 e. The normalized spacial score (nSPS) is 18.3. The van der Waals surface area contributed by atoms with Gasteiger partial charge in [0.25, 0.3) is 0 Å². The van der Waals surface area contributed by atoms with Crippen molar-refractivity contribution in [3.8, 4) is 0 Å². The van der Waals surface area contributed by atoms with Gasteiger partial charge < -0.3 is 9.47 Å². The van der Waals surface area contributed by atoms with E-state index >= 15 is 0 Å². The van der Waals surface area contributed by atoms with Gasteiger partial charge in [-0.05, 0) is 47.1 Å². The summed E-state index contributed by atoms with van der Waals surface area (Å²) in [4.78, 5) is 37.4. The van der Waals surface area contributed by atoms with Gasteiger partial charge in [-0.2, -0.15) is 8.42 Å². The van der Waals surface area contributed by atoms with E-state index in [4.69, 9.17) is 21.1 Å². The van der Waals surface area contributed by atoms with Crippen molar-refractivity contribution in [3.05, 3.63) is 22.4 Å². The number of hydrogen-bond acceptors (Lipinski definition) is 7. The summed E-state index contributed by atoms with van der Waals surface area (Å²) in [5.74, 6) is -4.95. The van der Waals surface area contributed by atoms with Crippen LogP contribution in [0.4, 0.5) is 0 Å². The van der Waals surface area contributed by atoms with E-state index in [0.717, 1.165) is 13.0 Å². The molecule has 0 aliphatic heterocycles. The first-order chi connectivity index (χ1) is 12.9. The van der Waals surface area contributed by atoms with Crippen LogP contribution in [-0.2, 0) is 34.2 Å². The summed E-state index contributed by atoms with van der Waals surface area (Å²) in [6.07, 6.45) is 1.47. The fourth-order valence-corrected chi connectivity index (χ4v) is 3.80. The molecule has 0 bridgehead atoms. The van der Waals surface area contributed by atoms with E-state index in [2.05, 4.69) is 0 Å². The number of carbonyl (C=O) groups is 3. The lowest BCUT2D eigenvalue weighted by molar-refractivity contribution is -0.163. The lowest BCUT2D eigenvalue weighted by atomic mass is 9.86. The number of ether oxygens (including phenoxy) is 2. The Bertz CT molecular complexity index is 864. The molecule has 0 spiro atoms. The van der Waals surface area contributed by atoms with Crippen LogP contribution < -0.4 is 0 Å². The number of esters is 1. The molecule has 2 unspecified atom stereocenters. The zero-order valence-electron chi connectivity index (χ0n) is 16.8. The number of Topliss-reactive ketones (excluding diaryl/α,β-unsaturated/α-hetero) is 2. The van der Waals surface area contributed by atoms with E-state index in [1.54, 1.807) is 34.6 Å². The van der Waals surface area contributed by atoms with Crippen molar-refractivity contribution in [1.29, 1.82) is 0 Å². The standard InChI is InChI=1S/C19H25ClO7S/c1-7-11-13(28(24)25)9-12(15(20)17(11)26-8-2)16(22)14(10(3)21)18(23)27-19(4,5)6/h9,11,14H,7-8H2,1-6H3. The maximum absolute atomic E-state index is 13.0. The lowest BCUT2D eigenvalue weighted by Gasteiger charge is -2.27. The summed E-state index contributed by atoms with van der Waals surface area (Å²) in [5.41, 5.74) is -1.18. The molecule has 28 heavy (non-hydrogen) atoms. The Kier molecular flexibility index (Phi) is 8.19. The average molecular weight is 433 g/mol. The van der Waals surface area contributed by atoms with E-state index in [-0.39, 0.29) is 27.8 Å². The van der Waals surface area contributed by atoms with Crippen molar-refractivity contribution < 1.29 is 32.3 Å². The highest BCUT2D eigenvalue weighted by Gasteiger charge is 2.40. The van der Waals surface area contributed by atoms with Crippen LogP contribution >= 0.6 is 11.6 Å². The Morgan fingerprint density at radius 3 is 2.18 bits per heavy atom. The second kappa shape index (κ2) is 9.52. The minimum atomic E-state index is -2.64. The number of ketones is 2. The van der Waals surface area contributed by atoms with Crippen LogP contribution in [0.15, 0.2) is 22.4 Å². The molecule has 156 valence electrons. The summed E-state index contributed by atoms with van der Waals surface area (Å²) in [7, 11) is -2.64. The first kappa shape index (κ1) is 24.1. The number of carbonyl (C=O) groups excluding carboxylic acids is 3. The van der Waals surface area contributed by atoms with Gasteiger partial charge >= 0.3 is 5.97 Å². The van der Waals surface area contributed by atoms with Crippen LogP contribution in [0.1, 0.15) is 48.0 Å². The summed E-state index contributed by atoms with van der Waals surface area (Å²) < 4.78 is 34.1. The molecule has 1 aliphatic carbocycles. The molecule has 0 aromatic carbocycles. The van der Waals surface area contributed by atoms with Crippen LogP contribution in [0.3, 0.4) is 0 Å². The van der Waals surface area contributed by atoms with Gasteiger partial charge in [0.15, 0.2) is 17.5 Å². The Morgan fingerprint density at radius 2 is 1.79 bits per heavy atom. The number of rotatable bonds is 7. The van der Waals surface area contributed by atoms with Gasteiger partial charge in [-0.25, -0.2) is 0 Å². The second-order valence-electron chi connectivity index (χ2n) is 7.21. The van der Waals surface area contributed by atoms with Crippen molar-refractivity contribution in [3.63, 3.8) is 0 Å². The molecule has 0 heterocycles. The zero-order chi connectivity index (χ0) is 21.8. The van der Waals surface area contributed by atoms with Gasteiger partial charge in [0.05, 0.1) is 22.4 Å². The molecule has 7 nitrogen and oxygen atoms in total. The molecule has 0 saturated carbocycles. The third-order valence-electron chi connectivity index (χ3n) is 3.88. The van der Waals surface area contributed by atoms with Crippen LogP contribution in [-0.4, -0.2) is 43.0 Å². The van der Waals surface area contributed by atoms with Crippen LogP contribution in [0.25, 0.3) is 0 Å². The molecule has 0 N–H and O–H groups in total. The Hall–Kier alpha value is -1.93. The van der Waals surface area contributed by atoms with Crippen LogP contribution in [0.2, 0.25) is 0 Å². The SMILES string of the molecule is CCOC1=C(Cl)C(C(=O)C(C(C)=O)C(=O)OC(C)(C)C)=CC(=S(=O)=O)C1CC. The van der Waals surface area contributed by atoms with Crippen LogP contribution in [0, 0.1) is 11.8 Å². The van der Waals surface area contributed by atoms with E-state index in [9.17, 15) is 22.8 Å². The van der Waals surface area contributed by atoms with Crippen molar-refractivity contribution >= 4 is 44.3 Å². The minimum absolute atomic E-state index is 0.0924. The smallest absolute Gasteiger partial charge is 0.325 e. The van der Waals surface area contributed by atoms with E-state index < -0.39 is 45.3 Å². The molecular weight excluding hydrogens is 408 g/mol. The molecule has 2 atom stereocenters. The third kappa shape index (κ3) is 5.54. The largest absolute Gasteiger partial charge is 0.496 e. The van der Waals surface area contributed by atoms with Gasteiger partial charge in [0.2, 0.25) is 10.3 Å². The van der Waals surface area contributed by atoms with Gasteiger partial charge in [-0.1, -0.05) is 18.5 Å². The van der Waals surface area contributed by atoms with E-state index in [1.165, 1.54) is 0 Å². The van der Waals surface area contributed by atoms with Crippen LogP contribution in [0.5, 0.6) is 0 Å². The molecule has 1 rings (SSSR count). The molecule has 0 fully saturated rings. The molecule has 0 saturated heterocycles. The quantitative estimate of drug-likeness (QED) is 0.346.